The van der Waals surface area contributed by atoms with Crippen molar-refractivity contribution in [2.24, 2.45) is 0 Å². The standard InChI is InChI=1S/C18H29ClN6O2S/c1-5-12(3)21-16(26)11-28-17-22-14(19)9-15(23-17)24-7-8-25(13(4)10-24)18(27)20-6-2/h9,12-13H,5-8,10-11H2,1-4H3,(H,20,27)(H,21,26). The molecule has 1 aliphatic rings. The molecule has 1 aliphatic heterocycles. The molecule has 2 rings (SSSR count). The number of rotatable bonds is 7. The van der Waals surface area contributed by atoms with E-state index in [1.807, 2.05) is 32.6 Å². The number of halogens is 1. The lowest BCUT2D eigenvalue weighted by molar-refractivity contribution is -0.119. The average Bonchev–Trinajstić information content (AvgIpc) is 2.65. The predicted octanol–water partition coefficient (Wildman–Crippen LogP) is 2.38. The van der Waals surface area contributed by atoms with Gasteiger partial charge >= 0.3 is 6.03 Å². The highest BCUT2D eigenvalue weighted by atomic mass is 35.5. The number of nitrogens with one attached hydrogen (secondary N) is 2. The third kappa shape index (κ3) is 6.41. The molecule has 0 spiro atoms. The molecule has 2 unspecified atom stereocenters. The van der Waals surface area contributed by atoms with Crippen molar-refractivity contribution in [2.75, 3.05) is 36.8 Å². The highest BCUT2D eigenvalue weighted by Crippen LogP contribution is 2.24. The van der Waals surface area contributed by atoms with Crippen LogP contribution in [-0.2, 0) is 4.79 Å². The fraction of sp³-hybridized carbons (Fsp3) is 0.667. The molecule has 2 N–H and O–H groups in total. The van der Waals surface area contributed by atoms with E-state index in [4.69, 9.17) is 11.6 Å². The Kier molecular flexibility index (Phi) is 8.62. The van der Waals surface area contributed by atoms with Crippen LogP contribution >= 0.6 is 23.4 Å². The van der Waals surface area contributed by atoms with Crippen LogP contribution in [0.25, 0.3) is 0 Å². The quantitative estimate of drug-likeness (QED) is 0.393. The van der Waals surface area contributed by atoms with Gasteiger partial charge in [-0.05, 0) is 27.2 Å². The van der Waals surface area contributed by atoms with Crippen molar-refractivity contribution in [1.29, 1.82) is 0 Å². The summed E-state index contributed by atoms with van der Waals surface area (Å²) in [5, 5.41) is 6.58. The second-order valence-corrected chi connectivity index (χ2v) is 8.15. The first-order chi connectivity index (χ1) is 13.3. The molecule has 2 atom stereocenters. The van der Waals surface area contributed by atoms with Crippen LogP contribution in [0.3, 0.4) is 0 Å². The van der Waals surface area contributed by atoms with Crippen molar-refractivity contribution in [3.63, 3.8) is 0 Å². The van der Waals surface area contributed by atoms with E-state index >= 15 is 0 Å². The van der Waals surface area contributed by atoms with Crippen LogP contribution in [0.2, 0.25) is 5.15 Å². The van der Waals surface area contributed by atoms with Crippen LogP contribution in [0.1, 0.15) is 34.1 Å². The lowest BCUT2D eigenvalue weighted by Crippen LogP contribution is -2.56. The van der Waals surface area contributed by atoms with Crippen LogP contribution in [0.15, 0.2) is 11.2 Å². The Balaban J connectivity index is 1.99. The summed E-state index contributed by atoms with van der Waals surface area (Å²) in [6.07, 6.45) is 0.884. The molecule has 2 heterocycles. The molecule has 0 saturated carbocycles. The molecular weight excluding hydrogens is 400 g/mol. The van der Waals surface area contributed by atoms with Gasteiger partial charge in [0, 0.05) is 44.3 Å². The minimum atomic E-state index is -0.0475. The van der Waals surface area contributed by atoms with Crippen LogP contribution < -0.4 is 15.5 Å². The van der Waals surface area contributed by atoms with E-state index in [1.54, 1.807) is 6.07 Å². The number of anilines is 1. The summed E-state index contributed by atoms with van der Waals surface area (Å²) in [4.78, 5) is 36.8. The Morgan fingerprint density at radius 3 is 2.75 bits per heavy atom. The van der Waals surface area contributed by atoms with Crippen molar-refractivity contribution in [1.82, 2.24) is 25.5 Å². The average molecular weight is 429 g/mol. The van der Waals surface area contributed by atoms with E-state index in [-0.39, 0.29) is 29.8 Å². The van der Waals surface area contributed by atoms with Gasteiger partial charge in [0.1, 0.15) is 11.0 Å². The molecule has 0 radical (unpaired) electrons. The number of nitrogens with zero attached hydrogens (tertiary/aromatic N) is 4. The number of amides is 3. The fourth-order valence-electron chi connectivity index (χ4n) is 2.88. The third-order valence-electron chi connectivity index (χ3n) is 4.55. The third-order valence-corrected chi connectivity index (χ3v) is 5.59. The molecule has 1 saturated heterocycles. The summed E-state index contributed by atoms with van der Waals surface area (Å²) in [6, 6.07) is 1.87. The summed E-state index contributed by atoms with van der Waals surface area (Å²) in [5.41, 5.74) is 0. The zero-order valence-corrected chi connectivity index (χ0v) is 18.4. The number of hydrogen-bond acceptors (Lipinski definition) is 6. The molecule has 28 heavy (non-hydrogen) atoms. The first-order valence-electron chi connectivity index (χ1n) is 9.60. The van der Waals surface area contributed by atoms with Crippen LogP contribution in [0, 0.1) is 0 Å². The molecule has 0 aromatic carbocycles. The SMILES string of the molecule is CCNC(=O)N1CCN(c2cc(Cl)nc(SCC(=O)NC(C)CC)n2)CC1C. The first-order valence-corrected chi connectivity index (χ1v) is 11.0. The molecule has 0 aliphatic carbocycles. The minimum absolute atomic E-state index is 0.0427. The van der Waals surface area contributed by atoms with Gasteiger partial charge < -0.3 is 20.4 Å². The smallest absolute Gasteiger partial charge is 0.317 e. The maximum absolute atomic E-state index is 12.1. The minimum Gasteiger partial charge on any atom is -0.353 e. The molecule has 1 aromatic rings. The number of aromatic nitrogens is 2. The van der Waals surface area contributed by atoms with E-state index in [0.29, 0.717) is 42.3 Å². The van der Waals surface area contributed by atoms with Crippen molar-refractivity contribution in [3.05, 3.63) is 11.2 Å². The van der Waals surface area contributed by atoms with Crippen molar-refractivity contribution < 1.29 is 9.59 Å². The number of thioether (sulfide) groups is 1. The number of carbonyl (C=O) groups is 2. The molecule has 156 valence electrons. The Labute approximate surface area is 175 Å². The number of carbonyl (C=O) groups excluding carboxylic acids is 2. The van der Waals surface area contributed by atoms with E-state index in [9.17, 15) is 9.59 Å². The van der Waals surface area contributed by atoms with Gasteiger partial charge in [-0.3, -0.25) is 4.79 Å². The van der Waals surface area contributed by atoms with Gasteiger partial charge in [-0.25, -0.2) is 14.8 Å². The molecule has 8 nitrogen and oxygen atoms in total. The van der Waals surface area contributed by atoms with E-state index in [0.717, 1.165) is 6.42 Å². The second-order valence-electron chi connectivity index (χ2n) is 6.82. The summed E-state index contributed by atoms with van der Waals surface area (Å²) in [7, 11) is 0. The number of urea groups is 1. The van der Waals surface area contributed by atoms with Crippen LogP contribution in [0.5, 0.6) is 0 Å². The number of piperazine rings is 1. The Hall–Kier alpha value is -1.74. The van der Waals surface area contributed by atoms with Gasteiger partial charge in [-0.1, -0.05) is 30.3 Å². The normalized spacial score (nSPS) is 18.0. The van der Waals surface area contributed by atoms with Gasteiger partial charge in [-0.15, -0.1) is 0 Å². The maximum atomic E-state index is 12.1. The molecule has 1 fully saturated rings. The largest absolute Gasteiger partial charge is 0.353 e. The van der Waals surface area contributed by atoms with Gasteiger partial charge in [0.15, 0.2) is 5.16 Å². The Morgan fingerprint density at radius 1 is 1.36 bits per heavy atom. The zero-order chi connectivity index (χ0) is 20.7. The van der Waals surface area contributed by atoms with Crippen molar-refractivity contribution in [2.45, 2.75) is 51.4 Å². The lowest BCUT2D eigenvalue weighted by Gasteiger charge is -2.40. The highest BCUT2D eigenvalue weighted by Gasteiger charge is 2.28. The zero-order valence-electron chi connectivity index (χ0n) is 16.9. The monoisotopic (exact) mass is 428 g/mol. The maximum Gasteiger partial charge on any atom is 0.317 e. The van der Waals surface area contributed by atoms with E-state index in [1.165, 1.54) is 11.8 Å². The molecule has 0 bridgehead atoms. The van der Waals surface area contributed by atoms with Gasteiger partial charge in [0.25, 0.3) is 0 Å². The first kappa shape index (κ1) is 22.5. The van der Waals surface area contributed by atoms with Crippen LogP contribution in [0.4, 0.5) is 10.6 Å². The second kappa shape index (κ2) is 10.7. The van der Waals surface area contributed by atoms with Gasteiger partial charge in [0.05, 0.1) is 5.75 Å². The summed E-state index contributed by atoms with van der Waals surface area (Å²) in [5.74, 6) is 0.909. The van der Waals surface area contributed by atoms with Gasteiger partial charge in [0.2, 0.25) is 5.91 Å². The Morgan fingerprint density at radius 2 is 2.11 bits per heavy atom. The summed E-state index contributed by atoms with van der Waals surface area (Å²) < 4.78 is 0. The van der Waals surface area contributed by atoms with E-state index in [2.05, 4.69) is 25.5 Å². The van der Waals surface area contributed by atoms with Crippen LogP contribution in [-0.4, -0.2) is 70.8 Å². The lowest BCUT2D eigenvalue weighted by atomic mass is 10.2. The van der Waals surface area contributed by atoms with E-state index < -0.39 is 0 Å². The highest BCUT2D eigenvalue weighted by molar-refractivity contribution is 7.99. The molecule has 10 heteroatoms. The Bertz CT molecular complexity index is 692. The molecule has 1 aromatic heterocycles. The van der Waals surface area contributed by atoms with Crippen molar-refractivity contribution in [3.8, 4) is 0 Å². The fourth-order valence-corrected chi connectivity index (χ4v) is 3.77. The summed E-state index contributed by atoms with van der Waals surface area (Å²) in [6.45, 7) is 10.4. The number of hydrogen-bond donors (Lipinski definition) is 2. The predicted molar refractivity (Wildman–Crippen MR) is 113 cm³/mol. The molecule has 3 amide bonds. The van der Waals surface area contributed by atoms with Crippen molar-refractivity contribution >= 4 is 41.1 Å². The van der Waals surface area contributed by atoms with Gasteiger partial charge in [-0.2, -0.15) is 0 Å². The topological polar surface area (TPSA) is 90.5 Å². The molecular formula is C18H29ClN6O2S. The summed E-state index contributed by atoms with van der Waals surface area (Å²) >= 11 is 7.45.